The lowest BCUT2D eigenvalue weighted by Gasteiger charge is -2.43. The van der Waals surface area contributed by atoms with Crippen LogP contribution in [0.2, 0.25) is 0 Å². The molecule has 4 heteroatoms. The molecular weight excluding hydrogens is 192 g/mol. The minimum atomic E-state index is -0.155. The SMILES string of the molecule is CCCN1CC(C)(C)NC(=O)C1CCO. The fourth-order valence-corrected chi connectivity index (χ4v) is 2.20. The first-order chi connectivity index (χ1) is 7.00. The summed E-state index contributed by atoms with van der Waals surface area (Å²) in [7, 11) is 0. The Bertz CT molecular complexity index is 229. The largest absolute Gasteiger partial charge is 0.396 e. The second kappa shape index (κ2) is 4.94. The highest BCUT2D eigenvalue weighted by Crippen LogP contribution is 2.18. The maximum atomic E-state index is 11.8. The van der Waals surface area contributed by atoms with Gasteiger partial charge in [-0.2, -0.15) is 0 Å². The Kier molecular flexibility index (Phi) is 4.11. The Morgan fingerprint density at radius 3 is 2.80 bits per heavy atom. The molecule has 0 aliphatic carbocycles. The number of nitrogens with one attached hydrogen (secondary N) is 1. The second-order valence-electron chi connectivity index (χ2n) is 4.87. The molecule has 1 atom stereocenters. The molecule has 0 aromatic heterocycles. The Morgan fingerprint density at radius 2 is 2.27 bits per heavy atom. The number of piperazine rings is 1. The molecule has 1 amide bonds. The number of hydrogen-bond acceptors (Lipinski definition) is 3. The van der Waals surface area contributed by atoms with Crippen LogP contribution in [-0.2, 0) is 4.79 Å². The number of hydrogen-bond donors (Lipinski definition) is 2. The van der Waals surface area contributed by atoms with Gasteiger partial charge < -0.3 is 10.4 Å². The van der Waals surface area contributed by atoms with Gasteiger partial charge in [0, 0.05) is 18.7 Å². The highest BCUT2D eigenvalue weighted by Gasteiger charge is 2.37. The monoisotopic (exact) mass is 214 g/mol. The van der Waals surface area contributed by atoms with Crippen LogP contribution in [0.15, 0.2) is 0 Å². The average molecular weight is 214 g/mol. The van der Waals surface area contributed by atoms with Crippen molar-refractivity contribution in [2.24, 2.45) is 0 Å². The number of carbonyl (C=O) groups is 1. The van der Waals surface area contributed by atoms with Crippen molar-refractivity contribution >= 4 is 5.91 Å². The van der Waals surface area contributed by atoms with Crippen molar-refractivity contribution in [2.75, 3.05) is 19.7 Å². The summed E-state index contributed by atoms with van der Waals surface area (Å²) >= 11 is 0. The lowest BCUT2D eigenvalue weighted by molar-refractivity contribution is -0.133. The summed E-state index contributed by atoms with van der Waals surface area (Å²) in [6, 6.07) is -0.150. The Hall–Kier alpha value is -0.610. The highest BCUT2D eigenvalue weighted by molar-refractivity contribution is 5.83. The van der Waals surface area contributed by atoms with Crippen LogP contribution in [0.1, 0.15) is 33.6 Å². The van der Waals surface area contributed by atoms with Crippen molar-refractivity contribution in [2.45, 2.75) is 45.2 Å². The predicted molar refractivity (Wildman–Crippen MR) is 59.6 cm³/mol. The van der Waals surface area contributed by atoms with Crippen LogP contribution in [0.5, 0.6) is 0 Å². The van der Waals surface area contributed by atoms with Gasteiger partial charge >= 0.3 is 0 Å². The molecule has 88 valence electrons. The number of aliphatic hydroxyl groups is 1. The zero-order valence-corrected chi connectivity index (χ0v) is 9.92. The first kappa shape index (κ1) is 12.5. The molecule has 0 radical (unpaired) electrons. The zero-order chi connectivity index (χ0) is 11.5. The third-order valence-corrected chi connectivity index (χ3v) is 2.72. The van der Waals surface area contributed by atoms with Crippen molar-refractivity contribution in [1.82, 2.24) is 10.2 Å². The van der Waals surface area contributed by atoms with E-state index in [-0.39, 0.29) is 24.1 Å². The second-order valence-corrected chi connectivity index (χ2v) is 4.87. The van der Waals surface area contributed by atoms with Crippen molar-refractivity contribution in [3.8, 4) is 0 Å². The van der Waals surface area contributed by atoms with Gasteiger partial charge in [0.1, 0.15) is 0 Å². The topological polar surface area (TPSA) is 52.6 Å². The summed E-state index contributed by atoms with van der Waals surface area (Å²) in [5, 5.41) is 11.9. The number of carbonyl (C=O) groups excluding carboxylic acids is 1. The third-order valence-electron chi connectivity index (χ3n) is 2.72. The molecular formula is C11H22N2O2. The molecule has 0 bridgehead atoms. The van der Waals surface area contributed by atoms with Crippen LogP contribution < -0.4 is 5.32 Å². The van der Waals surface area contributed by atoms with Crippen molar-refractivity contribution in [1.29, 1.82) is 0 Å². The zero-order valence-electron chi connectivity index (χ0n) is 9.92. The molecule has 0 aromatic carbocycles. The minimum absolute atomic E-state index is 0.0498. The summed E-state index contributed by atoms with van der Waals surface area (Å²) in [6.07, 6.45) is 1.56. The van der Waals surface area contributed by atoms with E-state index < -0.39 is 0 Å². The molecule has 1 heterocycles. The van der Waals surface area contributed by atoms with Crippen LogP contribution in [0.4, 0.5) is 0 Å². The Labute approximate surface area is 91.6 Å². The quantitative estimate of drug-likeness (QED) is 0.710. The van der Waals surface area contributed by atoms with E-state index in [4.69, 9.17) is 5.11 Å². The molecule has 0 spiro atoms. The number of nitrogens with zero attached hydrogens (tertiary/aromatic N) is 1. The predicted octanol–water partition coefficient (Wildman–Crippen LogP) is 0.358. The van der Waals surface area contributed by atoms with Crippen LogP contribution >= 0.6 is 0 Å². The van der Waals surface area contributed by atoms with Crippen molar-refractivity contribution < 1.29 is 9.90 Å². The molecule has 15 heavy (non-hydrogen) atoms. The Balaban J connectivity index is 2.71. The number of amides is 1. The van der Waals surface area contributed by atoms with Crippen LogP contribution in [-0.4, -0.2) is 47.2 Å². The fraction of sp³-hybridized carbons (Fsp3) is 0.909. The average Bonchev–Trinajstić information content (AvgIpc) is 2.10. The van der Waals surface area contributed by atoms with E-state index in [1.807, 2.05) is 13.8 Å². The molecule has 0 saturated carbocycles. The number of aliphatic hydroxyl groups excluding tert-OH is 1. The third kappa shape index (κ3) is 3.18. The van der Waals surface area contributed by atoms with Gasteiger partial charge in [0.2, 0.25) is 5.91 Å². The number of rotatable bonds is 4. The van der Waals surface area contributed by atoms with Gasteiger partial charge in [-0.25, -0.2) is 0 Å². The van der Waals surface area contributed by atoms with Crippen LogP contribution in [0.3, 0.4) is 0 Å². The smallest absolute Gasteiger partial charge is 0.237 e. The van der Waals surface area contributed by atoms with Gasteiger partial charge in [0.15, 0.2) is 0 Å². The van der Waals surface area contributed by atoms with E-state index >= 15 is 0 Å². The minimum Gasteiger partial charge on any atom is -0.396 e. The maximum Gasteiger partial charge on any atom is 0.237 e. The molecule has 1 unspecified atom stereocenters. The normalized spacial score (nSPS) is 26.4. The van der Waals surface area contributed by atoms with Crippen LogP contribution in [0, 0.1) is 0 Å². The lowest BCUT2D eigenvalue weighted by atomic mass is 9.96. The van der Waals surface area contributed by atoms with E-state index in [0.29, 0.717) is 6.42 Å². The molecule has 2 N–H and O–H groups in total. The molecule has 1 aliphatic heterocycles. The van der Waals surface area contributed by atoms with Gasteiger partial charge in [0.05, 0.1) is 6.04 Å². The van der Waals surface area contributed by atoms with E-state index in [9.17, 15) is 4.79 Å². The summed E-state index contributed by atoms with van der Waals surface area (Å²) < 4.78 is 0. The molecule has 4 nitrogen and oxygen atoms in total. The first-order valence-electron chi connectivity index (χ1n) is 5.67. The van der Waals surface area contributed by atoms with Gasteiger partial charge in [0.25, 0.3) is 0 Å². The molecule has 1 aliphatic rings. The summed E-state index contributed by atoms with van der Waals surface area (Å²) in [5.41, 5.74) is -0.155. The molecule has 1 fully saturated rings. The maximum absolute atomic E-state index is 11.8. The summed E-state index contributed by atoms with van der Waals surface area (Å²) in [4.78, 5) is 14.0. The van der Waals surface area contributed by atoms with Gasteiger partial charge in [-0.1, -0.05) is 6.92 Å². The fourth-order valence-electron chi connectivity index (χ4n) is 2.20. The highest BCUT2D eigenvalue weighted by atomic mass is 16.3. The Morgan fingerprint density at radius 1 is 1.60 bits per heavy atom. The molecule has 0 aromatic rings. The van der Waals surface area contributed by atoms with Crippen molar-refractivity contribution in [3.63, 3.8) is 0 Å². The van der Waals surface area contributed by atoms with E-state index in [0.717, 1.165) is 19.5 Å². The summed E-state index contributed by atoms with van der Waals surface area (Å²) in [6.45, 7) is 8.01. The van der Waals surface area contributed by atoms with E-state index in [1.54, 1.807) is 0 Å². The van der Waals surface area contributed by atoms with Crippen molar-refractivity contribution in [3.05, 3.63) is 0 Å². The van der Waals surface area contributed by atoms with Gasteiger partial charge in [-0.05, 0) is 33.2 Å². The first-order valence-corrected chi connectivity index (χ1v) is 5.67. The molecule has 1 saturated heterocycles. The lowest BCUT2D eigenvalue weighted by Crippen LogP contribution is -2.64. The van der Waals surface area contributed by atoms with Gasteiger partial charge in [-0.3, -0.25) is 9.69 Å². The van der Waals surface area contributed by atoms with E-state index in [2.05, 4.69) is 17.1 Å². The van der Waals surface area contributed by atoms with E-state index in [1.165, 1.54) is 0 Å². The standard InChI is InChI=1S/C11H22N2O2/c1-4-6-13-8-11(2,3)12-10(15)9(13)5-7-14/h9,14H,4-8H2,1-3H3,(H,12,15). The molecule has 1 rings (SSSR count). The summed E-state index contributed by atoms with van der Waals surface area (Å²) in [5.74, 6) is 0.0498. The van der Waals surface area contributed by atoms with Gasteiger partial charge in [-0.15, -0.1) is 0 Å². The van der Waals surface area contributed by atoms with Crippen LogP contribution in [0.25, 0.3) is 0 Å².